The van der Waals surface area contributed by atoms with Crippen molar-refractivity contribution in [2.45, 2.75) is 58.2 Å². The molecular formula is C22H35N5O4S2. The van der Waals surface area contributed by atoms with Crippen LogP contribution in [-0.2, 0) is 24.3 Å². The average Bonchev–Trinajstić information content (AvgIpc) is 3.10. The minimum absolute atomic E-state index is 0.112. The van der Waals surface area contributed by atoms with E-state index in [1.807, 2.05) is 0 Å². The molecule has 0 saturated heterocycles. The Morgan fingerprint density at radius 2 is 1.70 bits per heavy atom. The zero-order chi connectivity index (χ0) is 25.2. The van der Waals surface area contributed by atoms with Crippen LogP contribution in [0.5, 0.6) is 0 Å². The Bertz CT molecular complexity index is 1010. The molecule has 0 aromatic heterocycles. The lowest BCUT2D eigenvalue weighted by atomic mass is 9.93. The summed E-state index contributed by atoms with van der Waals surface area (Å²) in [5, 5.41) is 6.88. The maximum absolute atomic E-state index is 13.6. The van der Waals surface area contributed by atoms with Gasteiger partial charge in [-0.05, 0) is 30.3 Å². The molecule has 0 radical (unpaired) electrons. The van der Waals surface area contributed by atoms with Crippen molar-refractivity contribution >= 4 is 38.6 Å². The van der Waals surface area contributed by atoms with Crippen LogP contribution in [0.15, 0.2) is 35.4 Å². The largest absolute Gasteiger partial charge is 0.330 e. The summed E-state index contributed by atoms with van der Waals surface area (Å²) in [6.07, 6.45) is 0.229. The summed E-state index contributed by atoms with van der Waals surface area (Å²) in [6, 6.07) is 8.67. The van der Waals surface area contributed by atoms with Crippen LogP contribution >= 0.6 is 11.8 Å². The van der Waals surface area contributed by atoms with E-state index < -0.39 is 36.8 Å². The van der Waals surface area contributed by atoms with E-state index in [-0.39, 0.29) is 29.8 Å². The van der Waals surface area contributed by atoms with E-state index in [2.05, 4.69) is 10.4 Å². The number of benzene rings is 1. The van der Waals surface area contributed by atoms with E-state index in [1.165, 1.54) is 0 Å². The van der Waals surface area contributed by atoms with Gasteiger partial charge in [0.2, 0.25) is 11.8 Å². The second-order valence-electron chi connectivity index (χ2n) is 10.1. The zero-order valence-electron chi connectivity index (χ0n) is 20.1. The number of hydrogen-bond donors (Lipinski definition) is 3. The molecule has 1 aliphatic rings. The highest BCUT2D eigenvalue weighted by molar-refractivity contribution is 8.15. The van der Waals surface area contributed by atoms with Gasteiger partial charge in [-0.3, -0.25) is 9.59 Å². The maximum atomic E-state index is 13.6. The minimum atomic E-state index is -3.91. The van der Waals surface area contributed by atoms with Gasteiger partial charge in [0.15, 0.2) is 19.9 Å². The standard InChI is InChI=1S/C22H35N5O4S2/c1-20(2,3)17(28)25-19-26-27(18(29)21(4,5)6)22(32-19,15-11-8-7-9-12-15)16(24)33(30,31)14-10-13-23/h7-9,11-12,16H,10,13-14,23-24H2,1-6H3,(H,25,26,28). The van der Waals surface area contributed by atoms with Gasteiger partial charge in [-0.1, -0.05) is 71.9 Å². The molecule has 0 aliphatic carbocycles. The number of carbonyl (C=O) groups is 2. The van der Waals surface area contributed by atoms with Gasteiger partial charge in [-0.2, -0.15) is 0 Å². The average molecular weight is 498 g/mol. The molecule has 0 saturated carbocycles. The number of carbonyl (C=O) groups excluding carboxylic acids is 2. The number of amidine groups is 1. The van der Waals surface area contributed by atoms with E-state index in [1.54, 1.807) is 71.9 Å². The molecule has 2 amide bonds. The van der Waals surface area contributed by atoms with Crippen LogP contribution in [0.4, 0.5) is 0 Å². The highest BCUT2D eigenvalue weighted by Gasteiger charge is 2.58. The number of hydrazone groups is 1. The van der Waals surface area contributed by atoms with E-state index >= 15 is 0 Å². The van der Waals surface area contributed by atoms with Crippen LogP contribution in [0.1, 0.15) is 53.5 Å². The van der Waals surface area contributed by atoms with Crippen molar-refractivity contribution in [2.24, 2.45) is 27.4 Å². The molecule has 33 heavy (non-hydrogen) atoms. The van der Waals surface area contributed by atoms with Crippen molar-refractivity contribution in [3.63, 3.8) is 0 Å². The molecule has 1 aromatic rings. The summed E-state index contributed by atoms with van der Waals surface area (Å²) in [5.41, 5.74) is 10.9. The number of hydrogen-bond acceptors (Lipinski definition) is 8. The third-order valence-corrected chi connectivity index (χ3v) is 8.56. The molecule has 11 heteroatoms. The normalized spacial score (nSPS) is 20.4. The zero-order valence-corrected chi connectivity index (χ0v) is 21.7. The van der Waals surface area contributed by atoms with E-state index in [0.717, 1.165) is 16.8 Å². The topological polar surface area (TPSA) is 148 Å². The Hall–Kier alpha value is -1.95. The van der Waals surface area contributed by atoms with Crippen LogP contribution in [-0.4, -0.2) is 48.1 Å². The van der Waals surface area contributed by atoms with Gasteiger partial charge in [0.05, 0.1) is 5.75 Å². The van der Waals surface area contributed by atoms with Gasteiger partial charge in [0.1, 0.15) is 5.37 Å². The van der Waals surface area contributed by atoms with Gasteiger partial charge >= 0.3 is 0 Å². The van der Waals surface area contributed by atoms with Crippen molar-refractivity contribution in [3.05, 3.63) is 35.9 Å². The molecule has 1 aliphatic heterocycles. The van der Waals surface area contributed by atoms with Gasteiger partial charge in [0.25, 0.3) is 0 Å². The lowest BCUT2D eigenvalue weighted by Crippen LogP contribution is -2.59. The van der Waals surface area contributed by atoms with Crippen molar-refractivity contribution in [3.8, 4) is 0 Å². The first-order valence-corrected chi connectivity index (χ1v) is 13.3. The third kappa shape index (κ3) is 5.76. The molecule has 184 valence electrons. The number of sulfone groups is 1. The molecule has 2 unspecified atom stereocenters. The summed E-state index contributed by atoms with van der Waals surface area (Å²) in [6.45, 7) is 10.6. The van der Waals surface area contributed by atoms with Gasteiger partial charge < -0.3 is 16.8 Å². The monoisotopic (exact) mass is 497 g/mol. The number of nitrogens with zero attached hydrogens (tertiary/aromatic N) is 2. The summed E-state index contributed by atoms with van der Waals surface area (Å²) < 4.78 is 26.6. The molecular weight excluding hydrogens is 462 g/mol. The second-order valence-corrected chi connectivity index (χ2v) is 13.5. The Morgan fingerprint density at radius 1 is 1.12 bits per heavy atom. The fourth-order valence-electron chi connectivity index (χ4n) is 3.08. The molecule has 2 rings (SSSR count). The Labute approximate surface area is 200 Å². The van der Waals surface area contributed by atoms with Crippen molar-refractivity contribution in [1.29, 1.82) is 0 Å². The minimum Gasteiger partial charge on any atom is -0.330 e. The highest BCUT2D eigenvalue weighted by Crippen LogP contribution is 2.50. The molecule has 2 atom stereocenters. The Morgan fingerprint density at radius 3 is 2.18 bits per heavy atom. The molecule has 0 bridgehead atoms. The second kappa shape index (κ2) is 9.73. The first-order valence-electron chi connectivity index (χ1n) is 10.7. The lowest BCUT2D eigenvalue weighted by Gasteiger charge is -2.41. The molecule has 0 fully saturated rings. The van der Waals surface area contributed by atoms with Crippen LogP contribution < -0.4 is 16.8 Å². The number of rotatable bonds is 6. The van der Waals surface area contributed by atoms with Crippen LogP contribution in [0, 0.1) is 10.8 Å². The quantitative estimate of drug-likeness (QED) is 0.544. The fourth-order valence-corrected chi connectivity index (χ4v) is 6.35. The number of amides is 2. The van der Waals surface area contributed by atoms with Gasteiger partial charge in [-0.25, -0.2) is 13.4 Å². The van der Waals surface area contributed by atoms with Crippen LogP contribution in [0.3, 0.4) is 0 Å². The number of thioether (sulfide) groups is 1. The predicted molar refractivity (Wildman–Crippen MR) is 132 cm³/mol. The Balaban J connectivity index is 2.72. The third-order valence-electron chi connectivity index (χ3n) is 5.09. The fraction of sp³-hybridized carbons (Fsp3) is 0.591. The van der Waals surface area contributed by atoms with Gasteiger partial charge in [-0.15, -0.1) is 5.10 Å². The molecule has 1 heterocycles. The van der Waals surface area contributed by atoms with E-state index in [0.29, 0.717) is 5.56 Å². The molecule has 9 nitrogen and oxygen atoms in total. The maximum Gasteiger partial charge on any atom is 0.249 e. The predicted octanol–water partition coefficient (Wildman–Crippen LogP) is 1.94. The highest BCUT2D eigenvalue weighted by atomic mass is 32.2. The Kier molecular flexibility index (Phi) is 8.05. The lowest BCUT2D eigenvalue weighted by molar-refractivity contribution is -0.143. The number of nitrogens with two attached hydrogens (primary N) is 2. The first kappa shape index (κ1) is 27.3. The van der Waals surface area contributed by atoms with E-state index in [4.69, 9.17) is 11.5 Å². The summed E-state index contributed by atoms with van der Waals surface area (Å²) in [7, 11) is -3.91. The SMILES string of the molecule is CC(C)(C)C(=O)NC1=NN(C(=O)C(C)(C)C)C(c2ccccc2)(C(N)S(=O)(=O)CCCN)S1. The van der Waals surface area contributed by atoms with Gasteiger partial charge in [0, 0.05) is 10.8 Å². The molecule has 1 aromatic carbocycles. The first-order chi connectivity index (χ1) is 15.1. The van der Waals surface area contributed by atoms with Crippen molar-refractivity contribution in [1.82, 2.24) is 10.3 Å². The van der Waals surface area contributed by atoms with Crippen LogP contribution in [0.25, 0.3) is 0 Å². The number of nitrogens with one attached hydrogen (secondary N) is 1. The molecule has 5 N–H and O–H groups in total. The summed E-state index contributed by atoms with van der Waals surface area (Å²) in [4.78, 5) is 24.6. The molecule has 0 spiro atoms. The van der Waals surface area contributed by atoms with Crippen molar-refractivity contribution < 1.29 is 18.0 Å². The summed E-state index contributed by atoms with van der Waals surface area (Å²) >= 11 is 0.964. The van der Waals surface area contributed by atoms with E-state index in [9.17, 15) is 18.0 Å². The smallest absolute Gasteiger partial charge is 0.249 e. The van der Waals surface area contributed by atoms with Crippen LogP contribution in [0.2, 0.25) is 0 Å². The summed E-state index contributed by atoms with van der Waals surface area (Å²) in [5.74, 6) is -0.982. The van der Waals surface area contributed by atoms with Crippen molar-refractivity contribution in [2.75, 3.05) is 12.3 Å².